The highest BCUT2D eigenvalue weighted by atomic mass is 16.5. The molecule has 1 aliphatic heterocycles. The van der Waals surface area contributed by atoms with Crippen LogP contribution in [-0.4, -0.2) is 43.2 Å². The molecule has 1 saturated heterocycles. The quantitative estimate of drug-likeness (QED) is 0.862. The van der Waals surface area contributed by atoms with Crippen molar-refractivity contribution in [1.29, 1.82) is 0 Å². The van der Waals surface area contributed by atoms with Gasteiger partial charge in [-0.3, -0.25) is 9.88 Å². The number of rotatable bonds is 4. The second kappa shape index (κ2) is 5.98. The predicted molar refractivity (Wildman–Crippen MR) is 69.1 cm³/mol. The highest BCUT2D eigenvalue weighted by Gasteiger charge is 2.18. The maximum atomic E-state index is 5.37. The Balaban J connectivity index is 1.88. The molecule has 1 fully saturated rings. The highest BCUT2D eigenvalue weighted by molar-refractivity contribution is 5.42. The van der Waals surface area contributed by atoms with Gasteiger partial charge < -0.3 is 10.1 Å². The number of nitrogens with zero attached hydrogens (tertiary/aromatic N) is 2. The minimum atomic E-state index is 0.447. The van der Waals surface area contributed by atoms with E-state index < -0.39 is 0 Å². The van der Waals surface area contributed by atoms with Crippen molar-refractivity contribution in [3.63, 3.8) is 0 Å². The lowest BCUT2D eigenvalue weighted by Crippen LogP contribution is -2.36. The molecule has 1 N–H and O–H groups in total. The second-order valence-electron chi connectivity index (χ2n) is 4.50. The molecule has 1 aliphatic rings. The van der Waals surface area contributed by atoms with E-state index in [-0.39, 0.29) is 0 Å². The van der Waals surface area contributed by atoms with E-state index in [1.807, 2.05) is 19.3 Å². The van der Waals surface area contributed by atoms with Crippen molar-refractivity contribution in [1.82, 2.24) is 9.88 Å². The summed E-state index contributed by atoms with van der Waals surface area (Å²) < 4.78 is 5.37. The Hall–Kier alpha value is -1.13. The first kappa shape index (κ1) is 12.3. The van der Waals surface area contributed by atoms with E-state index in [2.05, 4.69) is 21.3 Å². The number of anilines is 1. The first-order valence-corrected chi connectivity index (χ1v) is 6.19. The molecule has 17 heavy (non-hydrogen) atoms. The summed E-state index contributed by atoms with van der Waals surface area (Å²) in [5.74, 6) is 0. The summed E-state index contributed by atoms with van der Waals surface area (Å²) in [5.41, 5.74) is 2.26. The zero-order valence-electron chi connectivity index (χ0n) is 10.6. The van der Waals surface area contributed by atoms with Gasteiger partial charge in [-0.25, -0.2) is 0 Å². The minimum absolute atomic E-state index is 0.447. The molecule has 4 nitrogen and oxygen atoms in total. The maximum Gasteiger partial charge on any atom is 0.0595 e. The van der Waals surface area contributed by atoms with Crippen LogP contribution in [0.5, 0.6) is 0 Å². The van der Waals surface area contributed by atoms with Gasteiger partial charge >= 0.3 is 0 Å². The Morgan fingerprint density at radius 2 is 2.24 bits per heavy atom. The fourth-order valence-electron chi connectivity index (χ4n) is 2.25. The molecule has 4 heteroatoms. The molecule has 0 aliphatic carbocycles. The molecule has 2 rings (SSSR count). The third-order valence-corrected chi connectivity index (χ3v) is 3.36. The first-order valence-electron chi connectivity index (χ1n) is 6.19. The summed E-state index contributed by atoms with van der Waals surface area (Å²) in [6.07, 6.45) is 4.57. The van der Waals surface area contributed by atoms with Crippen LogP contribution in [0.25, 0.3) is 0 Å². The maximum absolute atomic E-state index is 5.37. The van der Waals surface area contributed by atoms with Crippen LogP contribution in [-0.2, 0) is 11.3 Å². The normalized spacial score (nSPS) is 18.2. The van der Waals surface area contributed by atoms with Crippen molar-refractivity contribution in [3.8, 4) is 0 Å². The van der Waals surface area contributed by atoms with Gasteiger partial charge in [0.2, 0.25) is 0 Å². The molecule has 0 unspecified atom stereocenters. The second-order valence-corrected chi connectivity index (χ2v) is 4.50. The molecule has 1 aromatic heterocycles. The average Bonchev–Trinajstić information content (AvgIpc) is 2.40. The van der Waals surface area contributed by atoms with Gasteiger partial charge in [-0.15, -0.1) is 0 Å². The number of piperidine rings is 1. The van der Waals surface area contributed by atoms with Crippen LogP contribution in [0.1, 0.15) is 18.5 Å². The van der Waals surface area contributed by atoms with Gasteiger partial charge in [0, 0.05) is 45.7 Å². The molecule has 1 aromatic rings. The highest BCUT2D eigenvalue weighted by Crippen LogP contribution is 2.16. The Morgan fingerprint density at radius 1 is 1.47 bits per heavy atom. The predicted octanol–water partition coefficient (Wildman–Crippen LogP) is 1.73. The van der Waals surface area contributed by atoms with Gasteiger partial charge in [0.15, 0.2) is 0 Å². The number of pyridine rings is 1. The molecule has 0 bridgehead atoms. The van der Waals surface area contributed by atoms with Crippen LogP contribution < -0.4 is 5.32 Å². The largest absolute Gasteiger partial charge is 0.388 e. The Morgan fingerprint density at radius 3 is 2.88 bits per heavy atom. The summed E-state index contributed by atoms with van der Waals surface area (Å²) >= 11 is 0. The van der Waals surface area contributed by atoms with Gasteiger partial charge in [0.05, 0.1) is 11.8 Å². The van der Waals surface area contributed by atoms with E-state index in [0.717, 1.165) is 43.9 Å². The topological polar surface area (TPSA) is 37.4 Å². The van der Waals surface area contributed by atoms with Crippen LogP contribution in [0, 0.1) is 0 Å². The molecular weight excluding hydrogens is 214 g/mol. The third kappa shape index (κ3) is 3.41. The number of ether oxygens (including phenoxy) is 1. The van der Waals surface area contributed by atoms with Crippen molar-refractivity contribution in [2.45, 2.75) is 25.5 Å². The minimum Gasteiger partial charge on any atom is -0.388 e. The molecule has 0 aromatic carbocycles. The summed E-state index contributed by atoms with van der Waals surface area (Å²) in [7, 11) is 3.74. The van der Waals surface area contributed by atoms with Gasteiger partial charge in [-0.05, 0) is 25.0 Å². The number of methoxy groups -OCH3 is 1. The zero-order valence-corrected chi connectivity index (χ0v) is 10.6. The molecule has 94 valence electrons. The fraction of sp³-hybridized carbons (Fsp3) is 0.615. The zero-order chi connectivity index (χ0) is 12.1. The van der Waals surface area contributed by atoms with Crippen LogP contribution in [0.2, 0.25) is 0 Å². The molecule has 0 atom stereocenters. The van der Waals surface area contributed by atoms with Crippen molar-refractivity contribution < 1.29 is 4.74 Å². The number of hydrogen-bond donors (Lipinski definition) is 1. The van der Waals surface area contributed by atoms with Gasteiger partial charge in [0.25, 0.3) is 0 Å². The van der Waals surface area contributed by atoms with Crippen LogP contribution in [0.4, 0.5) is 5.69 Å². The van der Waals surface area contributed by atoms with Crippen molar-refractivity contribution in [2.75, 3.05) is 32.6 Å². The lowest BCUT2D eigenvalue weighted by molar-refractivity contribution is 0.0385. The third-order valence-electron chi connectivity index (χ3n) is 3.36. The standard InChI is InChI=1S/C13H21N3O/c1-14-11-3-6-15-12(9-11)10-16-7-4-13(17-2)5-8-16/h3,6,9,13H,4-5,7-8,10H2,1-2H3,(H,14,15). The summed E-state index contributed by atoms with van der Waals surface area (Å²) in [6.45, 7) is 3.14. The molecule has 0 radical (unpaired) electrons. The van der Waals surface area contributed by atoms with Crippen molar-refractivity contribution in [3.05, 3.63) is 24.0 Å². The lowest BCUT2D eigenvalue weighted by atomic mass is 10.1. The lowest BCUT2D eigenvalue weighted by Gasteiger charge is -2.30. The van der Waals surface area contributed by atoms with Gasteiger partial charge in [-0.1, -0.05) is 0 Å². The first-order chi connectivity index (χ1) is 8.31. The van der Waals surface area contributed by atoms with Crippen LogP contribution in [0.15, 0.2) is 18.3 Å². The molecule has 0 amide bonds. The van der Waals surface area contributed by atoms with E-state index in [4.69, 9.17) is 4.74 Å². The molecule has 0 saturated carbocycles. The van der Waals surface area contributed by atoms with Crippen LogP contribution in [0.3, 0.4) is 0 Å². The fourth-order valence-corrected chi connectivity index (χ4v) is 2.25. The smallest absolute Gasteiger partial charge is 0.0595 e. The van der Waals surface area contributed by atoms with Crippen molar-refractivity contribution >= 4 is 5.69 Å². The van der Waals surface area contributed by atoms with E-state index in [9.17, 15) is 0 Å². The summed E-state index contributed by atoms with van der Waals surface area (Å²) in [5, 5.41) is 3.14. The average molecular weight is 235 g/mol. The Kier molecular flexibility index (Phi) is 4.34. The van der Waals surface area contributed by atoms with E-state index >= 15 is 0 Å². The molecular formula is C13H21N3O. The van der Waals surface area contributed by atoms with E-state index in [1.165, 1.54) is 0 Å². The Labute approximate surface area is 103 Å². The SMILES string of the molecule is CNc1ccnc(CN2CCC(OC)CC2)c1. The van der Waals surface area contributed by atoms with E-state index in [0.29, 0.717) is 6.10 Å². The monoisotopic (exact) mass is 235 g/mol. The molecule has 0 spiro atoms. The van der Waals surface area contributed by atoms with Gasteiger partial charge in [0.1, 0.15) is 0 Å². The Bertz CT molecular complexity index is 348. The number of nitrogens with one attached hydrogen (secondary N) is 1. The number of hydrogen-bond acceptors (Lipinski definition) is 4. The summed E-state index contributed by atoms with van der Waals surface area (Å²) in [4.78, 5) is 6.85. The van der Waals surface area contributed by atoms with Crippen molar-refractivity contribution in [2.24, 2.45) is 0 Å². The number of likely N-dealkylation sites (tertiary alicyclic amines) is 1. The van der Waals surface area contributed by atoms with Crippen LogP contribution >= 0.6 is 0 Å². The van der Waals surface area contributed by atoms with E-state index in [1.54, 1.807) is 7.11 Å². The van der Waals surface area contributed by atoms with Gasteiger partial charge in [-0.2, -0.15) is 0 Å². The summed E-state index contributed by atoms with van der Waals surface area (Å²) in [6, 6.07) is 4.10. The number of aromatic nitrogens is 1. The molecule has 2 heterocycles.